The van der Waals surface area contributed by atoms with Gasteiger partial charge in [-0.3, -0.25) is 0 Å². The Hall–Kier alpha value is -0.120. The Balaban J connectivity index is 1.90. The van der Waals surface area contributed by atoms with Crippen LogP contribution >= 0.6 is 0 Å². The SMILES string of the molecule is CCCC1CCC(NC)C(CN2CCCC(C)(O)C2)C1. The Kier molecular flexibility index (Phi) is 5.88. The van der Waals surface area contributed by atoms with Gasteiger partial charge in [0.1, 0.15) is 0 Å². The van der Waals surface area contributed by atoms with Crippen molar-refractivity contribution in [1.82, 2.24) is 10.2 Å². The first-order chi connectivity index (χ1) is 9.54. The van der Waals surface area contributed by atoms with E-state index in [1.165, 1.54) is 45.2 Å². The molecule has 1 saturated carbocycles. The number of likely N-dealkylation sites (tertiary alicyclic amines) is 1. The topological polar surface area (TPSA) is 35.5 Å². The molecule has 0 aromatic rings. The molecule has 2 rings (SSSR count). The summed E-state index contributed by atoms with van der Waals surface area (Å²) >= 11 is 0. The number of piperidine rings is 1. The van der Waals surface area contributed by atoms with Crippen molar-refractivity contribution in [2.24, 2.45) is 11.8 Å². The Bertz CT molecular complexity index is 293. The van der Waals surface area contributed by atoms with E-state index >= 15 is 0 Å². The van der Waals surface area contributed by atoms with Crippen LogP contribution < -0.4 is 5.32 Å². The molecule has 2 fully saturated rings. The highest BCUT2D eigenvalue weighted by molar-refractivity contribution is 4.89. The lowest BCUT2D eigenvalue weighted by molar-refractivity contribution is -0.0244. The quantitative estimate of drug-likeness (QED) is 0.814. The van der Waals surface area contributed by atoms with E-state index in [0.717, 1.165) is 31.2 Å². The minimum Gasteiger partial charge on any atom is -0.389 e. The first-order valence-corrected chi connectivity index (χ1v) is 8.66. The molecule has 1 saturated heterocycles. The molecule has 1 aliphatic heterocycles. The molecule has 3 nitrogen and oxygen atoms in total. The average molecular weight is 282 g/mol. The van der Waals surface area contributed by atoms with E-state index in [9.17, 15) is 5.11 Å². The van der Waals surface area contributed by atoms with Crippen molar-refractivity contribution < 1.29 is 5.11 Å². The molecule has 0 aromatic heterocycles. The van der Waals surface area contributed by atoms with E-state index < -0.39 is 5.60 Å². The van der Waals surface area contributed by atoms with Gasteiger partial charge in [-0.1, -0.05) is 19.8 Å². The van der Waals surface area contributed by atoms with E-state index in [-0.39, 0.29) is 0 Å². The summed E-state index contributed by atoms with van der Waals surface area (Å²) in [7, 11) is 2.12. The van der Waals surface area contributed by atoms with Crippen molar-refractivity contribution in [3.8, 4) is 0 Å². The van der Waals surface area contributed by atoms with Crippen LogP contribution in [0.25, 0.3) is 0 Å². The number of nitrogens with one attached hydrogen (secondary N) is 1. The Labute approximate surface area is 125 Å². The normalized spacial score (nSPS) is 39.9. The summed E-state index contributed by atoms with van der Waals surface area (Å²) in [5.41, 5.74) is -0.467. The summed E-state index contributed by atoms with van der Waals surface area (Å²) in [5.74, 6) is 1.69. The van der Waals surface area contributed by atoms with Gasteiger partial charge in [0.05, 0.1) is 5.60 Å². The molecular formula is C17H34N2O. The number of rotatable bonds is 5. The second-order valence-corrected chi connectivity index (χ2v) is 7.46. The van der Waals surface area contributed by atoms with E-state index in [1.807, 2.05) is 6.92 Å². The summed E-state index contributed by atoms with van der Waals surface area (Å²) in [5, 5.41) is 13.8. The van der Waals surface area contributed by atoms with Crippen LogP contribution in [-0.2, 0) is 0 Å². The van der Waals surface area contributed by atoms with Crippen molar-refractivity contribution in [3.63, 3.8) is 0 Å². The van der Waals surface area contributed by atoms with Crippen LogP contribution in [0.3, 0.4) is 0 Å². The van der Waals surface area contributed by atoms with Crippen molar-refractivity contribution >= 4 is 0 Å². The summed E-state index contributed by atoms with van der Waals surface area (Å²) in [6.45, 7) is 7.50. The number of β-amino-alcohol motifs (C(OH)–C–C–N with tert-alkyl or cyclic N) is 1. The van der Waals surface area contributed by atoms with E-state index in [2.05, 4.69) is 24.2 Å². The van der Waals surface area contributed by atoms with Gasteiger partial charge in [0.2, 0.25) is 0 Å². The van der Waals surface area contributed by atoms with Crippen LogP contribution in [0, 0.1) is 11.8 Å². The third kappa shape index (κ3) is 4.44. The third-order valence-electron chi connectivity index (χ3n) is 5.41. The van der Waals surface area contributed by atoms with Gasteiger partial charge in [-0.25, -0.2) is 0 Å². The highest BCUT2D eigenvalue weighted by Gasteiger charge is 2.34. The molecule has 1 heterocycles. The Morgan fingerprint density at radius 2 is 2.15 bits per heavy atom. The van der Waals surface area contributed by atoms with Gasteiger partial charge in [0, 0.05) is 19.1 Å². The maximum Gasteiger partial charge on any atom is 0.0746 e. The molecule has 2 N–H and O–H groups in total. The molecule has 2 aliphatic rings. The standard InChI is InChI=1S/C17H34N2O/c1-4-6-14-7-8-16(18-3)15(11-14)12-19-10-5-9-17(2,20)13-19/h14-16,18,20H,4-13H2,1-3H3. The highest BCUT2D eigenvalue weighted by Crippen LogP contribution is 2.33. The third-order valence-corrected chi connectivity index (χ3v) is 5.41. The minimum absolute atomic E-state index is 0.467. The zero-order valence-corrected chi connectivity index (χ0v) is 13.7. The predicted molar refractivity (Wildman–Crippen MR) is 84.9 cm³/mol. The summed E-state index contributed by atoms with van der Waals surface area (Å²) in [4.78, 5) is 2.51. The van der Waals surface area contributed by atoms with E-state index in [0.29, 0.717) is 6.04 Å². The summed E-state index contributed by atoms with van der Waals surface area (Å²) < 4.78 is 0. The smallest absolute Gasteiger partial charge is 0.0746 e. The average Bonchev–Trinajstić information content (AvgIpc) is 2.38. The van der Waals surface area contributed by atoms with Gasteiger partial charge in [0.15, 0.2) is 0 Å². The van der Waals surface area contributed by atoms with Gasteiger partial charge in [-0.05, 0) is 64.5 Å². The Morgan fingerprint density at radius 1 is 1.35 bits per heavy atom. The van der Waals surface area contributed by atoms with E-state index in [4.69, 9.17) is 0 Å². The molecule has 3 heteroatoms. The zero-order valence-electron chi connectivity index (χ0n) is 13.7. The van der Waals surface area contributed by atoms with Crippen LogP contribution in [0.15, 0.2) is 0 Å². The molecule has 0 spiro atoms. The predicted octanol–water partition coefficient (Wildman–Crippen LogP) is 2.64. The van der Waals surface area contributed by atoms with Gasteiger partial charge in [-0.2, -0.15) is 0 Å². The minimum atomic E-state index is -0.467. The maximum atomic E-state index is 10.3. The van der Waals surface area contributed by atoms with Crippen molar-refractivity contribution in [2.45, 2.75) is 70.4 Å². The van der Waals surface area contributed by atoms with Crippen LogP contribution in [-0.4, -0.2) is 48.3 Å². The summed E-state index contributed by atoms with van der Waals surface area (Å²) in [6.07, 6.45) is 8.91. The number of hydrogen-bond donors (Lipinski definition) is 2. The second kappa shape index (κ2) is 7.24. The fourth-order valence-electron chi connectivity index (χ4n) is 4.42. The molecule has 118 valence electrons. The zero-order chi connectivity index (χ0) is 14.6. The van der Waals surface area contributed by atoms with Crippen LogP contribution in [0.2, 0.25) is 0 Å². The maximum absolute atomic E-state index is 10.3. The van der Waals surface area contributed by atoms with Crippen molar-refractivity contribution in [3.05, 3.63) is 0 Å². The van der Waals surface area contributed by atoms with E-state index in [1.54, 1.807) is 0 Å². The molecule has 0 amide bonds. The van der Waals surface area contributed by atoms with Crippen LogP contribution in [0.5, 0.6) is 0 Å². The van der Waals surface area contributed by atoms with Gasteiger partial charge in [-0.15, -0.1) is 0 Å². The Morgan fingerprint density at radius 3 is 2.80 bits per heavy atom. The molecule has 0 bridgehead atoms. The fourth-order valence-corrected chi connectivity index (χ4v) is 4.42. The van der Waals surface area contributed by atoms with Crippen molar-refractivity contribution in [2.75, 3.05) is 26.7 Å². The first kappa shape index (κ1) is 16.3. The monoisotopic (exact) mass is 282 g/mol. The second-order valence-electron chi connectivity index (χ2n) is 7.46. The van der Waals surface area contributed by atoms with Crippen LogP contribution in [0.4, 0.5) is 0 Å². The summed E-state index contributed by atoms with van der Waals surface area (Å²) in [6, 6.07) is 0.676. The lowest BCUT2D eigenvalue weighted by Crippen LogP contribution is -2.51. The lowest BCUT2D eigenvalue weighted by Gasteiger charge is -2.42. The first-order valence-electron chi connectivity index (χ1n) is 8.66. The molecule has 20 heavy (non-hydrogen) atoms. The largest absolute Gasteiger partial charge is 0.389 e. The molecule has 4 unspecified atom stereocenters. The highest BCUT2D eigenvalue weighted by atomic mass is 16.3. The number of aliphatic hydroxyl groups is 1. The molecule has 4 atom stereocenters. The van der Waals surface area contributed by atoms with Crippen molar-refractivity contribution in [1.29, 1.82) is 0 Å². The molecule has 0 radical (unpaired) electrons. The number of hydrogen-bond acceptors (Lipinski definition) is 3. The fraction of sp³-hybridized carbons (Fsp3) is 1.00. The van der Waals surface area contributed by atoms with Gasteiger partial charge in [0.25, 0.3) is 0 Å². The van der Waals surface area contributed by atoms with Gasteiger partial charge >= 0.3 is 0 Å². The molecular weight excluding hydrogens is 248 g/mol. The molecule has 0 aromatic carbocycles. The van der Waals surface area contributed by atoms with Crippen LogP contribution in [0.1, 0.15) is 58.8 Å². The number of nitrogens with zero attached hydrogens (tertiary/aromatic N) is 1. The lowest BCUT2D eigenvalue weighted by atomic mass is 9.76. The molecule has 1 aliphatic carbocycles. The van der Waals surface area contributed by atoms with Gasteiger partial charge < -0.3 is 15.3 Å².